The van der Waals surface area contributed by atoms with Crippen LogP contribution in [-0.4, -0.2) is 66.5 Å². The number of aliphatic hydroxyl groups excluding tert-OH is 1. The average Bonchev–Trinajstić information content (AvgIpc) is 2.38. The molecule has 1 aliphatic heterocycles. The van der Waals surface area contributed by atoms with Crippen molar-refractivity contribution in [2.24, 2.45) is 10.9 Å². The molecule has 19 heavy (non-hydrogen) atoms. The quantitative estimate of drug-likeness (QED) is 0.743. The predicted molar refractivity (Wildman–Crippen MR) is 81.7 cm³/mol. The van der Waals surface area contributed by atoms with Crippen LogP contribution in [0.4, 0.5) is 0 Å². The highest BCUT2D eigenvalue weighted by atomic mass is 16.3. The first-order valence-electron chi connectivity index (χ1n) is 7.28. The summed E-state index contributed by atoms with van der Waals surface area (Å²) in [4.78, 5) is 9.29. The molecule has 1 rings (SSSR count). The fourth-order valence-electron chi connectivity index (χ4n) is 2.07. The molecule has 1 fully saturated rings. The first kappa shape index (κ1) is 16.3. The highest BCUT2D eigenvalue weighted by Gasteiger charge is 2.15. The number of piperazine rings is 1. The van der Waals surface area contributed by atoms with Crippen LogP contribution in [0.15, 0.2) is 16.8 Å². The predicted octanol–water partition coefficient (Wildman–Crippen LogP) is 1.62. The third kappa shape index (κ3) is 6.32. The molecule has 4 heteroatoms. The largest absolute Gasteiger partial charge is 0.395 e. The molecule has 4 nitrogen and oxygen atoms in total. The van der Waals surface area contributed by atoms with E-state index in [0.29, 0.717) is 5.92 Å². The van der Waals surface area contributed by atoms with Crippen molar-refractivity contribution in [2.45, 2.75) is 27.7 Å². The van der Waals surface area contributed by atoms with Gasteiger partial charge in [0.1, 0.15) is 0 Å². The molecule has 0 atom stereocenters. The zero-order valence-corrected chi connectivity index (χ0v) is 12.9. The van der Waals surface area contributed by atoms with Gasteiger partial charge in [0.05, 0.1) is 6.61 Å². The molecule has 0 radical (unpaired) electrons. The van der Waals surface area contributed by atoms with Gasteiger partial charge >= 0.3 is 0 Å². The standard InChI is InChI=1S/C15H29N3O/c1-13(2)15(4)16-11-14(3)12-18-7-5-17(6-8-18)9-10-19/h11,13,19H,5-10,12H2,1-4H3/b14-11+,16-15?. The Hall–Kier alpha value is -0.710. The van der Waals surface area contributed by atoms with Crippen molar-refractivity contribution in [3.63, 3.8) is 0 Å². The summed E-state index contributed by atoms with van der Waals surface area (Å²) in [5.74, 6) is 0.520. The van der Waals surface area contributed by atoms with E-state index in [4.69, 9.17) is 5.11 Å². The Kier molecular flexibility index (Phi) is 7.28. The molecule has 1 N–H and O–H groups in total. The van der Waals surface area contributed by atoms with E-state index in [1.807, 2.05) is 6.20 Å². The summed E-state index contributed by atoms with van der Waals surface area (Å²) in [6, 6.07) is 0. The zero-order chi connectivity index (χ0) is 14.3. The van der Waals surface area contributed by atoms with Crippen molar-refractivity contribution in [3.8, 4) is 0 Å². The van der Waals surface area contributed by atoms with Gasteiger partial charge in [0, 0.05) is 51.2 Å². The van der Waals surface area contributed by atoms with Gasteiger partial charge in [-0.3, -0.25) is 14.8 Å². The Labute approximate surface area is 117 Å². The van der Waals surface area contributed by atoms with Crippen molar-refractivity contribution < 1.29 is 5.11 Å². The Morgan fingerprint density at radius 1 is 1.16 bits per heavy atom. The van der Waals surface area contributed by atoms with Crippen molar-refractivity contribution >= 4 is 5.71 Å². The van der Waals surface area contributed by atoms with Crippen LogP contribution in [0.25, 0.3) is 0 Å². The molecule has 0 saturated carbocycles. The molecular weight excluding hydrogens is 238 g/mol. The Morgan fingerprint density at radius 3 is 2.26 bits per heavy atom. The maximum Gasteiger partial charge on any atom is 0.0558 e. The van der Waals surface area contributed by atoms with Crippen molar-refractivity contribution in [1.29, 1.82) is 0 Å². The third-order valence-electron chi connectivity index (χ3n) is 3.68. The third-order valence-corrected chi connectivity index (χ3v) is 3.68. The summed E-state index contributed by atoms with van der Waals surface area (Å²) in [6.45, 7) is 14.9. The molecule has 0 bridgehead atoms. The summed E-state index contributed by atoms with van der Waals surface area (Å²) in [7, 11) is 0. The van der Waals surface area contributed by atoms with Gasteiger partial charge in [-0.1, -0.05) is 13.8 Å². The molecule has 0 aromatic heterocycles. The van der Waals surface area contributed by atoms with Crippen LogP contribution in [0.1, 0.15) is 27.7 Å². The fraction of sp³-hybridized carbons (Fsp3) is 0.800. The summed E-state index contributed by atoms with van der Waals surface area (Å²) >= 11 is 0. The number of β-amino-alcohol motifs (C(OH)–C–C–N with tert-alkyl or cyclic N) is 1. The number of hydrogen-bond acceptors (Lipinski definition) is 4. The van der Waals surface area contributed by atoms with Gasteiger partial charge in [-0.25, -0.2) is 0 Å². The maximum absolute atomic E-state index is 8.92. The first-order valence-corrected chi connectivity index (χ1v) is 7.28. The van der Waals surface area contributed by atoms with E-state index < -0.39 is 0 Å². The van der Waals surface area contributed by atoms with Crippen molar-refractivity contribution in [1.82, 2.24) is 9.80 Å². The highest BCUT2D eigenvalue weighted by molar-refractivity contribution is 5.84. The number of aliphatic hydroxyl groups is 1. The van der Waals surface area contributed by atoms with Crippen LogP contribution in [-0.2, 0) is 0 Å². The number of aliphatic imine (C=N–C) groups is 1. The Morgan fingerprint density at radius 2 is 1.74 bits per heavy atom. The van der Waals surface area contributed by atoms with Crippen molar-refractivity contribution in [3.05, 3.63) is 11.8 Å². The molecule has 110 valence electrons. The van der Waals surface area contributed by atoms with Gasteiger partial charge in [-0.15, -0.1) is 0 Å². The van der Waals surface area contributed by atoms with Crippen LogP contribution in [0, 0.1) is 5.92 Å². The number of nitrogens with zero attached hydrogens (tertiary/aromatic N) is 3. The monoisotopic (exact) mass is 267 g/mol. The number of rotatable bonds is 6. The van der Waals surface area contributed by atoms with Crippen molar-refractivity contribution in [2.75, 3.05) is 45.9 Å². The van der Waals surface area contributed by atoms with E-state index in [2.05, 4.69) is 42.5 Å². The van der Waals surface area contributed by atoms with E-state index in [-0.39, 0.29) is 6.61 Å². The fourth-order valence-corrected chi connectivity index (χ4v) is 2.07. The first-order chi connectivity index (χ1) is 9.02. The van der Waals surface area contributed by atoms with Gasteiger partial charge in [-0.05, 0) is 25.3 Å². The van der Waals surface area contributed by atoms with Gasteiger partial charge in [-0.2, -0.15) is 0 Å². The minimum Gasteiger partial charge on any atom is -0.395 e. The summed E-state index contributed by atoms with van der Waals surface area (Å²) in [5, 5.41) is 8.92. The minimum absolute atomic E-state index is 0.266. The lowest BCUT2D eigenvalue weighted by molar-refractivity contribution is 0.118. The molecule has 1 aliphatic rings. The topological polar surface area (TPSA) is 39.1 Å². The van der Waals surface area contributed by atoms with Crippen LogP contribution < -0.4 is 0 Å². The molecule has 0 aromatic carbocycles. The Balaban J connectivity index is 2.36. The van der Waals surface area contributed by atoms with Crippen LogP contribution in [0.5, 0.6) is 0 Å². The lowest BCUT2D eigenvalue weighted by atomic mass is 10.1. The molecule has 0 aromatic rings. The van der Waals surface area contributed by atoms with Gasteiger partial charge in [0.25, 0.3) is 0 Å². The summed E-state index contributed by atoms with van der Waals surface area (Å²) in [6.07, 6.45) is 2.01. The smallest absolute Gasteiger partial charge is 0.0558 e. The second-order valence-electron chi connectivity index (χ2n) is 5.74. The normalized spacial score (nSPS) is 20.3. The second-order valence-corrected chi connectivity index (χ2v) is 5.74. The molecule has 0 aliphatic carbocycles. The highest BCUT2D eigenvalue weighted by Crippen LogP contribution is 2.06. The lowest BCUT2D eigenvalue weighted by Gasteiger charge is -2.34. The lowest BCUT2D eigenvalue weighted by Crippen LogP contribution is -2.47. The minimum atomic E-state index is 0.266. The van der Waals surface area contributed by atoms with Crippen LogP contribution >= 0.6 is 0 Å². The van der Waals surface area contributed by atoms with E-state index in [0.717, 1.165) is 39.3 Å². The zero-order valence-electron chi connectivity index (χ0n) is 12.9. The van der Waals surface area contributed by atoms with Gasteiger partial charge in [0.2, 0.25) is 0 Å². The van der Waals surface area contributed by atoms with E-state index in [1.165, 1.54) is 11.3 Å². The van der Waals surface area contributed by atoms with Crippen LogP contribution in [0.2, 0.25) is 0 Å². The number of hydrogen-bond donors (Lipinski definition) is 1. The molecule has 1 heterocycles. The van der Waals surface area contributed by atoms with Gasteiger partial charge < -0.3 is 5.11 Å². The van der Waals surface area contributed by atoms with Gasteiger partial charge in [0.15, 0.2) is 0 Å². The molecule has 0 amide bonds. The van der Waals surface area contributed by atoms with E-state index in [1.54, 1.807) is 0 Å². The summed E-state index contributed by atoms with van der Waals surface area (Å²) < 4.78 is 0. The Bertz CT molecular complexity index is 315. The van der Waals surface area contributed by atoms with E-state index in [9.17, 15) is 0 Å². The van der Waals surface area contributed by atoms with E-state index >= 15 is 0 Å². The SMILES string of the molecule is CC(=N/C=C(\C)CN1CCN(CCO)CC1)C(C)C. The molecule has 0 spiro atoms. The summed E-state index contributed by atoms with van der Waals surface area (Å²) in [5.41, 5.74) is 2.50. The molecule has 0 unspecified atom stereocenters. The average molecular weight is 267 g/mol. The maximum atomic E-state index is 8.92. The second kappa shape index (κ2) is 8.46. The molecular formula is C15H29N3O. The van der Waals surface area contributed by atoms with Crippen LogP contribution in [0.3, 0.4) is 0 Å². The molecule has 1 saturated heterocycles.